The lowest BCUT2D eigenvalue weighted by Gasteiger charge is -2.28. The van der Waals surface area contributed by atoms with Gasteiger partial charge in [-0.05, 0) is 42.2 Å². The van der Waals surface area contributed by atoms with Crippen LogP contribution in [0.15, 0.2) is 78.9 Å². The fourth-order valence-electron chi connectivity index (χ4n) is 2.89. The molecule has 0 atom stereocenters. The Morgan fingerprint density at radius 2 is 1.35 bits per heavy atom. The van der Waals surface area contributed by atoms with Gasteiger partial charge in [-0.1, -0.05) is 72.8 Å². The Morgan fingerprint density at radius 3 is 1.88 bits per heavy atom. The molecule has 4 nitrogen and oxygen atoms in total. The molecule has 0 aliphatic rings. The van der Waals surface area contributed by atoms with Crippen LogP contribution in [-0.2, 0) is 10.4 Å². The number of aryl methyl sites for hydroxylation is 1. The predicted octanol–water partition coefficient (Wildman–Crippen LogP) is 3.68. The molecule has 3 rings (SSSR count). The lowest BCUT2D eigenvalue weighted by atomic mass is 9.85. The Kier molecular flexibility index (Phi) is 5.05. The van der Waals surface area contributed by atoms with Crippen LogP contribution in [0.3, 0.4) is 0 Å². The van der Waals surface area contributed by atoms with Gasteiger partial charge in [0.1, 0.15) is 0 Å². The molecule has 3 aromatic carbocycles. The highest BCUT2D eigenvalue weighted by Crippen LogP contribution is 2.30. The molecule has 0 saturated carbocycles. The Balaban J connectivity index is 1.92. The van der Waals surface area contributed by atoms with E-state index in [0.717, 1.165) is 16.8 Å². The minimum absolute atomic E-state index is 0.506. The highest BCUT2D eigenvalue weighted by molar-refractivity contribution is 5.90. The van der Waals surface area contributed by atoms with Crippen LogP contribution in [-0.4, -0.2) is 11.0 Å². The van der Waals surface area contributed by atoms with E-state index in [-0.39, 0.29) is 0 Å². The van der Waals surface area contributed by atoms with Crippen molar-refractivity contribution < 1.29 is 9.90 Å². The average Bonchev–Trinajstić information content (AvgIpc) is 2.69. The topological polar surface area (TPSA) is 61.4 Å². The number of anilines is 1. The van der Waals surface area contributed by atoms with Crippen molar-refractivity contribution in [3.63, 3.8) is 0 Å². The molecule has 0 saturated heterocycles. The third-order valence-electron chi connectivity index (χ3n) is 4.63. The molecule has 4 heteroatoms. The predicted molar refractivity (Wildman–Crippen MR) is 104 cm³/mol. The molecule has 1 amide bonds. The first-order valence-corrected chi connectivity index (χ1v) is 8.49. The second-order valence-electron chi connectivity index (χ2n) is 6.27. The highest BCUT2D eigenvalue weighted by Gasteiger charge is 2.39. The van der Waals surface area contributed by atoms with Crippen LogP contribution in [0.2, 0.25) is 0 Å². The summed E-state index contributed by atoms with van der Waals surface area (Å²) in [6.07, 6.45) is 0. The summed E-state index contributed by atoms with van der Waals surface area (Å²) in [5, 5.41) is 11.4. The minimum Gasteiger partial charge on any atom is -0.372 e. The molecular weight excluding hydrogens is 324 g/mol. The average molecular weight is 346 g/mol. The van der Waals surface area contributed by atoms with E-state index in [2.05, 4.69) is 10.9 Å². The van der Waals surface area contributed by atoms with E-state index in [1.54, 1.807) is 48.5 Å². The molecule has 3 N–H and O–H groups in total. The number of hydrogen-bond acceptors (Lipinski definition) is 3. The van der Waals surface area contributed by atoms with Gasteiger partial charge in [0.05, 0.1) is 5.69 Å². The number of amides is 1. The first-order chi connectivity index (χ1) is 12.5. The van der Waals surface area contributed by atoms with Gasteiger partial charge in [0, 0.05) is 0 Å². The molecule has 0 aliphatic carbocycles. The molecule has 0 fully saturated rings. The first kappa shape index (κ1) is 17.7. The summed E-state index contributed by atoms with van der Waals surface area (Å²) in [7, 11) is 0. The smallest absolute Gasteiger partial charge is 0.279 e. The molecule has 3 aromatic rings. The van der Waals surface area contributed by atoms with E-state index in [0.29, 0.717) is 11.1 Å². The van der Waals surface area contributed by atoms with Crippen molar-refractivity contribution in [2.24, 2.45) is 0 Å². The number of aliphatic hydroxyl groups is 1. The van der Waals surface area contributed by atoms with Crippen molar-refractivity contribution >= 4 is 11.6 Å². The van der Waals surface area contributed by atoms with Crippen LogP contribution in [0.5, 0.6) is 0 Å². The zero-order chi connectivity index (χ0) is 18.6. The maximum atomic E-state index is 13.0. The number of carbonyl (C=O) groups excluding carboxylic acids is 1. The summed E-state index contributed by atoms with van der Waals surface area (Å²) in [4.78, 5) is 13.0. The van der Waals surface area contributed by atoms with Crippen LogP contribution < -0.4 is 10.9 Å². The largest absolute Gasteiger partial charge is 0.372 e. The van der Waals surface area contributed by atoms with Crippen molar-refractivity contribution in [2.75, 3.05) is 5.43 Å². The normalized spacial score (nSPS) is 11.0. The van der Waals surface area contributed by atoms with Gasteiger partial charge < -0.3 is 5.11 Å². The summed E-state index contributed by atoms with van der Waals surface area (Å²) >= 11 is 0. The van der Waals surface area contributed by atoms with Gasteiger partial charge in [0.2, 0.25) is 0 Å². The number of carbonyl (C=O) groups is 1. The summed E-state index contributed by atoms with van der Waals surface area (Å²) in [6.45, 7) is 3.98. The minimum atomic E-state index is -1.80. The molecule has 26 heavy (non-hydrogen) atoms. The van der Waals surface area contributed by atoms with E-state index in [9.17, 15) is 9.90 Å². The Hall–Kier alpha value is -3.11. The van der Waals surface area contributed by atoms with Gasteiger partial charge in [-0.2, -0.15) is 0 Å². The van der Waals surface area contributed by atoms with Gasteiger partial charge in [-0.15, -0.1) is 0 Å². The number of hydrogen-bond donors (Lipinski definition) is 3. The van der Waals surface area contributed by atoms with Gasteiger partial charge in [0.15, 0.2) is 5.60 Å². The Labute approximate surface area is 153 Å². The van der Waals surface area contributed by atoms with Crippen LogP contribution in [0, 0.1) is 13.8 Å². The molecule has 0 heterocycles. The van der Waals surface area contributed by atoms with E-state index >= 15 is 0 Å². The van der Waals surface area contributed by atoms with E-state index < -0.39 is 11.5 Å². The maximum absolute atomic E-state index is 13.0. The fourth-order valence-corrected chi connectivity index (χ4v) is 2.89. The van der Waals surface area contributed by atoms with Crippen LogP contribution in [0.1, 0.15) is 22.3 Å². The van der Waals surface area contributed by atoms with Gasteiger partial charge >= 0.3 is 0 Å². The molecule has 0 bridgehead atoms. The summed E-state index contributed by atoms with van der Waals surface area (Å²) in [5.74, 6) is -0.546. The summed E-state index contributed by atoms with van der Waals surface area (Å²) in [6, 6.07) is 23.7. The van der Waals surface area contributed by atoms with E-state index in [1.165, 1.54) is 0 Å². The quantitative estimate of drug-likeness (QED) is 0.618. The molecule has 0 aliphatic heterocycles. The lowest BCUT2D eigenvalue weighted by molar-refractivity contribution is -0.136. The second-order valence-corrected chi connectivity index (χ2v) is 6.27. The third kappa shape index (κ3) is 3.32. The van der Waals surface area contributed by atoms with Crippen molar-refractivity contribution in [3.05, 3.63) is 101 Å². The van der Waals surface area contributed by atoms with Gasteiger partial charge in [0.25, 0.3) is 5.91 Å². The monoisotopic (exact) mass is 346 g/mol. The van der Waals surface area contributed by atoms with Crippen molar-refractivity contribution in [2.45, 2.75) is 19.4 Å². The van der Waals surface area contributed by atoms with Crippen LogP contribution in [0.4, 0.5) is 5.69 Å². The van der Waals surface area contributed by atoms with Crippen LogP contribution in [0.25, 0.3) is 0 Å². The number of rotatable bonds is 5. The van der Waals surface area contributed by atoms with E-state index in [4.69, 9.17) is 0 Å². The molecule has 0 radical (unpaired) electrons. The van der Waals surface area contributed by atoms with Crippen molar-refractivity contribution in [3.8, 4) is 0 Å². The summed E-state index contributed by atoms with van der Waals surface area (Å²) in [5.41, 5.74) is 7.77. The zero-order valence-electron chi connectivity index (χ0n) is 14.9. The molecule has 132 valence electrons. The molecular formula is C22H22N2O2. The highest BCUT2D eigenvalue weighted by atomic mass is 16.3. The van der Waals surface area contributed by atoms with Crippen LogP contribution >= 0.6 is 0 Å². The van der Waals surface area contributed by atoms with Crippen molar-refractivity contribution in [1.82, 2.24) is 5.43 Å². The maximum Gasteiger partial charge on any atom is 0.279 e. The van der Waals surface area contributed by atoms with Gasteiger partial charge in [-0.25, -0.2) is 0 Å². The Morgan fingerprint density at radius 1 is 0.808 bits per heavy atom. The molecule has 0 unspecified atom stereocenters. The third-order valence-corrected chi connectivity index (χ3v) is 4.63. The first-order valence-electron chi connectivity index (χ1n) is 8.49. The molecule has 0 spiro atoms. The van der Waals surface area contributed by atoms with E-state index in [1.807, 2.05) is 44.2 Å². The van der Waals surface area contributed by atoms with Gasteiger partial charge in [-0.3, -0.25) is 15.6 Å². The number of benzene rings is 3. The number of hydrazine groups is 1. The number of nitrogens with one attached hydrogen (secondary N) is 2. The lowest BCUT2D eigenvalue weighted by Crippen LogP contribution is -2.47. The zero-order valence-corrected chi connectivity index (χ0v) is 14.9. The Bertz CT molecular complexity index is 853. The second kappa shape index (κ2) is 7.42. The van der Waals surface area contributed by atoms with Crippen molar-refractivity contribution in [1.29, 1.82) is 0 Å². The molecule has 0 aromatic heterocycles. The fraction of sp³-hybridized carbons (Fsp3) is 0.136. The SMILES string of the molecule is Cc1cccc(NNC(=O)C(O)(c2ccccc2)c2ccccc2)c1C. The standard InChI is InChI=1S/C22H22N2O2/c1-16-10-9-15-20(17(16)2)23-24-21(25)22(26,18-11-5-3-6-12-18)19-13-7-4-8-14-19/h3-15,23,26H,1-2H3,(H,24,25). The summed E-state index contributed by atoms with van der Waals surface area (Å²) < 4.78 is 0.